The minimum absolute atomic E-state index is 0.188. The van der Waals surface area contributed by atoms with Gasteiger partial charge in [0.05, 0.1) is 13.9 Å². The third-order valence-electron chi connectivity index (χ3n) is 3.06. The summed E-state index contributed by atoms with van der Waals surface area (Å²) in [5.74, 6) is 0. The van der Waals surface area contributed by atoms with E-state index in [-0.39, 0.29) is 17.0 Å². The molecular formula is C10H15N3P+. The molecule has 0 bridgehead atoms. The first-order valence-electron chi connectivity index (χ1n) is 4.49. The summed E-state index contributed by atoms with van der Waals surface area (Å²) in [5.41, 5.74) is -0.564. The van der Waals surface area contributed by atoms with Gasteiger partial charge in [-0.3, -0.25) is 0 Å². The lowest BCUT2D eigenvalue weighted by Crippen LogP contribution is -2.24. The van der Waals surface area contributed by atoms with Crippen molar-refractivity contribution in [2.24, 2.45) is 0 Å². The van der Waals surface area contributed by atoms with Gasteiger partial charge in [0.2, 0.25) is 0 Å². The van der Waals surface area contributed by atoms with Gasteiger partial charge < -0.3 is 0 Å². The van der Waals surface area contributed by atoms with E-state index in [0.29, 0.717) is 0 Å². The lowest BCUT2D eigenvalue weighted by molar-refractivity contribution is 1.05. The lowest BCUT2D eigenvalue weighted by Gasteiger charge is -2.29. The molecule has 4 heteroatoms. The van der Waals surface area contributed by atoms with Gasteiger partial charge >= 0.3 is 0 Å². The smallest absolute Gasteiger partial charge is 0.154 e. The summed E-state index contributed by atoms with van der Waals surface area (Å²) in [7, 11) is -1.83. The Morgan fingerprint density at radius 1 is 0.786 bits per heavy atom. The van der Waals surface area contributed by atoms with Crippen molar-refractivity contribution in [3.05, 3.63) is 0 Å². The Kier molecular flexibility index (Phi) is 4.56. The molecule has 0 amide bonds. The summed E-state index contributed by atoms with van der Waals surface area (Å²) in [6.07, 6.45) is 0. The van der Waals surface area contributed by atoms with Crippen molar-refractivity contribution in [1.29, 1.82) is 15.8 Å². The third-order valence-corrected chi connectivity index (χ3v) is 8.42. The highest BCUT2D eigenvalue weighted by Gasteiger charge is 2.49. The largest absolute Gasteiger partial charge is 0.194 e. The molecule has 0 spiro atoms. The van der Waals surface area contributed by atoms with Gasteiger partial charge in [-0.25, -0.2) is 0 Å². The zero-order valence-corrected chi connectivity index (χ0v) is 9.92. The van der Waals surface area contributed by atoms with Gasteiger partial charge in [0.25, 0.3) is 0 Å². The summed E-state index contributed by atoms with van der Waals surface area (Å²) >= 11 is 0. The van der Waals surface area contributed by atoms with Gasteiger partial charge in [0.1, 0.15) is 18.2 Å². The number of nitrogens with zero attached hydrogens (tertiary/aromatic N) is 3. The fourth-order valence-electron chi connectivity index (χ4n) is 1.38. The highest BCUT2D eigenvalue weighted by atomic mass is 31.2. The lowest BCUT2D eigenvalue weighted by atomic mass is 10.5. The van der Waals surface area contributed by atoms with Crippen LogP contribution in [0.15, 0.2) is 0 Å². The van der Waals surface area contributed by atoms with E-state index in [1.54, 1.807) is 0 Å². The molecule has 0 radical (unpaired) electrons. The van der Waals surface area contributed by atoms with Gasteiger partial charge in [-0.05, 0) is 20.8 Å². The van der Waals surface area contributed by atoms with Crippen LogP contribution in [0.5, 0.6) is 0 Å². The average molecular weight is 208 g/mol. The molecule has 0 heterocycles. The standard InChI is InChI=1S/C10H15N3P/c1-8(5-11)14(4,9(2)6-12)10(3)7-13/h8-10H,1-4H3/q+1. The Hall–Kier alpha value is -1.10. The van der Waals surface area contributed by atoms with Crippen molar-refractivity contribution >= 4 is 7.26 Å². The van der Waals surface area contributed by atoms with Gasteiger partial charge in [-0.15, -0.1) is 0 Å². The van der Waals surface area contributed by atoms with E-state index >= 15 is 0 Å². The van der Waals surface area contributed by atoms with E-state index in [4.69, 9.17) is 15.8 Å². The maximum atomic E-state index is 8.92. The molecule has 0 aromatic carbocycles. The minimum Gasteiger partial charge on any atom is -0.194 e. The second-order valence-corrected chi connectivity index (χ2v) is 8.40. The van der Waals surface area contributed by atoms with Crippen LogP contribution in [-0.4, -0.2) is 23.6 Å². The maximum absolute atomic E-state index is 8.92. The molecule has 0 aliphatic carbocycles. The van der Waals surface area contributed by atoms with Crippen LogP contribution in [0.4, 0.5) is 0 Å². The van der Waals surface area contributed by atoms with Gasteiger partial charge in [-0.2, -0.15) is 15.8 Å². The summed E-state index contributed by atoms with van der Waals surface area (Å²) in [4.78, 5) is 0. The molecule has 3 nitrogen and oxygen atoms in total. The molecule has 3 unspecified atom stereocenters. The Morgan fingerprint density at radius 3 is 1.14 bits per heavy atom. The Labute approximate surface area is 86.3 Å². The van der Waals surface area contributed by atoms with Gasteiger partial charge in [0, 0.05) is 0 Å². The van der Waals surface area contributed by atoms with Crippen molar-refractivity contribution < 1.29 is 0 Å². The zero-order valence-electron chi connectivity index (χ0n) is 9.02. The fourth-order valence-corrected chi connectivity index (χ4v) is 4.14. The minimum atomic E-state index is -1.83. The highest BCUT2D eigenvalue weighted by Crippen LogP contribution is 2.66. The van der Waals surface area contributed by atoms with Crippen molar-refractivity contribution in [1.82, 2.24) is 0 Å². The number of hydrogen-bond donors (Lipinski definition) is 0. The van der Waals surface area contributed by atoms with Crippen LogP contribution >= 0.6 is 7.26 Å². The van der Waals surface area contributed by atoms with Crippen LogP contribution in [-0.2, 0) is 0 Å². The molecule has 0 aliphatic rings. The van der Waals surface area contributed by atoms with Crippen molar-refractivity contribution in [3.63, 3.8) is 0 Å². The van der Waals surface area contributed by atoms with Crippen LogP contribution in [0, 0.1) is 34.0 Å². The van der Waals surface area contributed by atoms with E-state index in [1.807, 2.05) is 27.4 Å². The summed E-state index contributed by atoms with van der Waals surface area (Å²) in [6.45, 7) is 7.39. The van der Waals surface area contributed by atoms with Crippen molar-refractivity contribution in [2.45, 2.75) is 37.7 Å². The molecule has 0 aliphatic heterocycles. The van der Waals surface area contributed by atoms with Crippen LogP contribution in [0.1, 0.15) is 20.8 Å². The molecule has 74 valence electrons. The molecule has 0 N–H and O–H groups in total. The summed E-state index contributed by atoms with van der Waals surface area (Å²) in [5, 5.41) is 26.8. The molecule has 14 heavy (non-hydrogen) atoms. The number of rotatable bonds is 3. The number of hydrogen-bond acceptors (Lipinski definition) is 3. The SMILES string of the molecule is CC(C#N)[P+](C)(C(C)C#N)C(C)C#N. The Balaban J connectivity index is 5.21. The van der Waals surface area contributed by atoms with Crippen LogP contribution in [0.25, 0.3) is 0 Å². The predicted octanol–water partition coefficient (Wildman–Crippen LogP) is 2.37. The molecule has 0 saturated heterocycles. The number of nitriles is 3. The van der Waals surface area contributed by atoms with Gasteiger partial charge in [0.15, 0.2) is 17.0 Å². The first-order valence-corrected chi connectivity index (χ1v) is 6.93. The first kappa shape index (κ1) is 12.9. The molecular weight excluding hydrogens is 193 g/mol. The predicted molar refractivity (Wildman–Crippen MR) is 58.1 cm³/mol. The second-order valence-electron chi connectivity index (χ2n) is 3.64. The second kappa shape index (κ2) is 4.95. The third kappa shape index (κ3) is 2.04. The summed E-state index contributed by atoms with van der Waals surface area (Å²) in [6, 6.07) is 6.55. The quantitative estimate of drug-likeness (QED) is 0.668. The molecule has 0 aromatic rings. The van der Waals surface area contributed by atoms with E-state index in [9.17, 15) is 0 Å². The molecule has 0 rings (SSSR count). The molecule has 0 fully saturated rings. The van der Waals surface area contributed by atoms with E-state index in [2.05, 4.69) is 18.2 Å². The Morgan fingerprint density at radius 2 is 1.00 bits per heavy atom. The van der Waals surface area contributed by atoms with E-state index in [1.165, 1.54) is 0 Å². The van der Waals surface area contributed by atoms with Crippen LogP contribution < -0.4 is 0 Å². The monoisotopic (exact) mass is 208 g/mol. The van der Waals surface area contributed by atoms with Crippen LogP contribution in [0.3, 0.4) is 0 Å². The highest BCUT2D eigenvalue weighted by molar-refractivity contribution is 7.77. The van der Waals surface area contributed by atoms with Gasteiger partial charge in [-0.1, -0.05) is 0 Å². The summed E-state index contributed by atoms with van der Waals surface area (Å²) < 4.78 is 0. The first-order chi connectivity index (χ1) is 6.44. The van der Waals surface area contributed by atoms with Crippen molar-refractivity contribution in [3.8, 4) is 18.2 Å². The van der Waals surface area contributed by atoms with Crippen molar-refractivity contribution in [2.75, 3.05) is 6.66 Å². The molecule has 0 saturated carbocycles. The topological polar surface area (TPSA) is 71.4 Å². The molecule has 3 atom stereocenters. The van der Waals surface area contributed by atoms with Crippen LogP contribution in [0.2, 0.25) is 0 Å². The normalized spacial score (nSPS) is 20.4. The average Bonchev–Trinajstić information content (AvgIpc) is 2.24. The fraction of sp³-hybridized carbons (Fsp3) is 0.700. The molecule has 0 aromatic heterocycles. The Bertz CT molecular complexity index is 267. The van der Waals surface area contributed by atoms with E-state index < -0.39 is 7.26 Å². The van der Waals surface area contributed by atoms with E-state index in [0.717, 1.165) is 0 Å². The maximum Gasteiger partial charge on any atom is 0.154 e. The zero-order chi connectivity index (χ0) is 11.4.